The van der Waals surface area contributed by atoms with Gasteiger partial charge in [-0.25, -0.2) is 0 Å². The SMILES string of the molecule is CC(C)CC(C)(c1ccc(O)cc1)C(C)(CC(C)C)C(C)(C)c1ccc(C(C)(C)C(C)(C)C(C)(C)C(C)(C)C(C)(C)c2ccc(O)cc2)cc1. The summed E-state index contributed by atoms with van der Waals surface area (Å²) in [5, 5.41) is 20.3. The topological polar surface area (TPSA) is 40.5 Å². The Hall–Kier alpha value is -2.74. The molecule has 2 atom stereocenters. The summed E-state index contributed by atoms with van der Waals surface area (Å²) < 4.78 is 0. The summed E-state index contributed by atoms with van der Waals surface area (Å²) >= 11 is 0. The maximum Gasteiger partial charge on any atom is 0.115 e. The van der Waals surface area contributed by atoms with E-state index in [1.54, 1.807) is 0 Å². The van der Waals surface area contributed by atoms with Gasteiger partial charge in [0.1, 0.15) is 11.5 Å². The van der Waals surface area contributed by atoms with E-state index in [0.29, 0.717) is 23.3 Å². The second kappa shape index (κ2) is 13.7. The van der Waals surface area contributed by atoms with Crippen molar-refractivity contribution in [1.29, 1.82) is 0 Å². The molecule has 0 saturated heterocycles. The van der Waals surface area contributed by atoms with Crippen LogP contribution in [-0.4, -0.2) is 10.2 Å². The predicted octanol–water partition coefficient (Wildman–Crippen LogP) is 13.8. The predicted molar refractivity (Wildman–Crippen MR) is 217 cm³/mol. The number of phenols is 2. The molecule has 3 aromatic rings. The molecule has 0 heterocycles. The van der Waals surface area contributed by atoms with Crippen molar-refractivity contribution < 1.29 is 10.2 Å². The highest BCUT2D eigenvalue weighted by Crippen LogP contribution is 2.65. The van der Waals surface area contributed by atoms with Crippen molar-refractivity contribution in [1.82, 2.24) is 0 Å². The first kappa shape index (κ1) is 41.7. The Bertz CT molecular complexity index is 1560. The van der Waals surface area contributed by atoms with Crippen LogP contribution in [0.1, 0.15) is 160 Å². The lowest BCUT2D eigenvalue weighted by atomic mass is 9.41. The summed E-state index contributed by atoms with van der Waals surface area (Å²) in [6.45, 7) is 43.7. The van der Waals surface area contributed by atoms with Crippen LogP contribution in [0.4, 0.5) is 0 Å². The second-order valence-corrected chi connectivity index (χ2v) is 20.3. The zero-order valence-corrected chi connectivity index (χ0v) is 35.4. The maximum atomic E-state index is 10.2. The summed E-state index contributed by atoms with van der Waals surface area (Å²) in [6.07, 6.45) is 2.15. The summed E-state index contributed by atoms with van der Waals surface area (Å²) in [6, 6.07) is 25.6. The molecule has 0 radical (unpaired) electrons. The van der Waals surface area contributed by atoms with Crippen molar-refractivity contribution in [3.8, 4) is 11.5 Å². The van der Waals surface area contributed by atoms with Crippen LogP contribution in [0, 0.1) is 33.5 Å². The zero-order chi connectivity index (χ0) is 38.5. The number of benzene rings is 3. The van der Waals surface area contributed by atoms with Crippen molar-refractivity contribution in [2.24, 2.45) is 33.5 Å². The summed E-state index contributed by atoms with van der Waals surface area (Å²) in [5.41, 5.74) is 4.35. The number of hydrogen-bond acceptors (Lipinski definition) is 2. The van der Waals surface area contributed by atoms with Gasteiger partial charge in [-0.3, -0.25) is 0 Å². The van der Waals surface area contributed by atoms with E-state index < -0.39 is 0 Å². The molecule has 0 bridgehead atoms. The molecule has 2 unspecified atom stereocenters. The van der Waals surface area contributed by atoms with Gasteiger partial charge in [0.25, 0.3) is 0 Å². The van der Waals surface area contributed by atoms with Crippen LogP contribution in [0.25, 0.3) is 0 Å². The minimum absolute atomic E-state index is 0.0858. The van der Waals surface area contributed by atoms with E-state index in [0.717, 1.165) is 12.8 Å². The van der Waals surface area contributed by atoms with E-state index in [2.05, 4.69) is 173 Å². The molecule has 3 rings (SSSR count). The Balaban J connectivity index is 2.13. The van der Waals surface area contributed by atoms with Gasteiger partial charge >= 0.3 is 0 Å². The molecule has 3 aromatic carbocycles. The lowest BCUT2D eigenvalue weighted by molar-refractivity contribution is -0.0968. The number of rotatable bonds is 14. The monoisotopic (exact) mass is 683 g/mol. The molecular weight excluding hydrogens is 609 g/mol. The van der Waals surface area contributed by atoms with Gasteiger partial charge in [-0.05, 0) is 115 Å². The highest BCUT2D eigenvalue weighted by molar-refractivity contribution is 5.41. The first-order chi connectivity index (χ1) is 22.5. The fraction of sp³-hybridized carbons (Fsp3) is 0.625. The Morgan fingerprint density at radius 2 is 0.660 bits per heavy atom. The van der Waals surface area contributed by atoms with Gasteiger partial charge in [0, 0.05) is 0 Å². The third-order valence-corrected chi connectivity index (χ3v) is 15.9. The van der Waals surface area contributed by atoms with E-state index in [4.69, 9.17) is 0 Å². The normalized spacial score (nSPS) is 16.4. The van der Waals surface area contributed by atoms with Crippen molar-refractivity contribution >= 4 is 0 Å². The molecule has 50 heavy (non-hydrogen) atoms. The number of hydrogen-bond donors (Lipinski definition) is 2. The third-order valence-electron chi connectivity index (χ3n) is 15.9. The molecule has 0 aliphatic carbocycles. The average Bonchev–Trinajstić information content (AvgIpc) is 3.00. The first-order valence-corrected chi connectivity index (χ1v) is 19.2. The standard InChI is InChI=1S/C48H74O2/c1-33(2)31-47(17,38-25-29-40(50)30-26-38)48(18,32-34(3)4)43(9,10)37-21-19-35(20-22-37)41(5,6)44(11,12)46(15,16)45(13,14)42(7,8)36-23-27-39(49)28-24-36/h19-30,33-34,49-50H,31-32H2,1-18H3. The van der Waals surface area contributed by atoms with Gasteiger partial charge in [-0.15, -0.1) is 0 Å². The van der Waals surface area contributed by atoms with E-state index in [-0.39, 0.29) is 43.3 Å². The molecule has 278 valence electrons. The molecule has 0 spiro atoms. The fourth-order valence-electron chi connectivity index (χ4n) is 9.86. The Morgan fingerprint density at radius 1 is 0.380 bits per heavy atom. The highest BCUT2D eigenvalue weighted by atomic mass is 16.3. The van der Waals surface area contributed by atoms with E-state index in [1.165, 1.54) is 22.3 Å². The van der Waals surface area contributed by atoms with Gasteiger partial charge in [0.2, 0.25) is 0 Å². The van der Waals surface area contributed by atoms with E-state index in [1.807, 2.05) is 24.3 Å². The van der Waals surface area contributed by atoms with Gasteiger partial charge in [0.15, 0.2) is 0 Å². The molecule has 0 amide bonds. The van der Waals surface area contributed by atoms with Crippen LogP contribution in [0.5, 0.6) is 11.5 Å². The van der Waals surface area contributed by atoms with Gasteiger partial charge in [-0.2, -0.15) is 0 Å². The third kappa shape index (κ3) is 6.67. The Kier molecular flexibility index (Phi) is 11.4. The van der Waals surface area contributed by atoms with Crippen molar-refractivity contribution in [2.75, 3.05) is 0 Å². The van der Waals surface area contributed by atoms with E-state index >= 15 is 0 Å². The molecule has 0 aliphatic heterocycles. The number of aromatic hydroxyl groups is 2. The van der Waals surface area contributed by atoms with Crippen LogP contribution < -0.4 is 0 Å². The average molecular weight is 683 g/mol. The summed E-state index contributed by atoms with van der Waals surface area (Å²) in [7, 11) is 0. The van der Waals surface area contributed by atoms with Gasteiger partial charge in [-0.1, -0.05) is 173 Å². The minimum Gasteiger partial charge on any atom is -0.508 e. The van der Waals surface area contributed by atoms with E-state index in [9.17, 15) is 10.2 Å². The second-order valence-electron chi connectivity index (χ2n) is 20.3. The first-order valence-electron chi connectivity index (χ1n) is 19.2. The maximum absolute atomic E-state index is 10.2. The zero-order valence-electron chi connectivity index (χ0n) is 35.4. The van der Waals surface area contributed by atoms with Gasteiger partial charge < -0.3 is 10.2 Å². The fourth-order valence-corrected chi connectivity index (χ4v) is 9.86. The summed E-state index contributed by atoms with van der Waals surface area (Å²) in [5.74, 6) is 1.68. The lowest BCUT2D eigenvalue weighted by Gasteiger charge is -2.63. The molecular formula is C48H74O2. The van der Waals surface area contributed by atoms with Gasteiger partial charge in [0.05, 0.1) is 0 Å². The smallest absolute Gasteiger partial charge is 0.115 e. The van der Waals surface area contributed by atoms with Crippen LogP contribution in [0.15, 0.2) is 72.8 Å². The summed E-state index contributed by atoms with van der Waals surface area (Å²) in [4.78, 5) is 0. The molecule has 0 aliphatic rings. The van der Waals surface area contributed by atoms with Crippen LogP contribution in [0.2, 0.25) is 0 Å². The minimum atomic E-state index is -0.146. The van der Waals surface area contributed by atoms with Crippen LogP contribution in [0.3, 0.4) is 0 Å². The molecule has 0 fully saturated rings. The molecule has 0 aromatic heterocycles. The quantitative estimate of drug-likeness (QED) is 0.178. The molecule has 2 nitrogen and oxygen atoms in total. The number of phenolic OH excluding ortho intramolecular Hbond substituents is 2. The van der Waals surface area contributed by atoms with Crippen molar-refractivity contribution in [2.45, 2.75) is 159 Å². The van der Waals surface area contributed by atoms with Crippen LogP contribution in [-0.2, 0) is 21.7 Å². The molecule has 2 heteroatoms. The Morgan fingerprint density at radius 3 is 0.980 bits per heavy atom. The van der Waals surface area contributed by atoms with Crippen molar-refractivity contribution in [3.63, 3.8) is 0 Å². The largest absolute Gasteiger partial charge is 0.508 e. The molecule has 2 N–H and O–H groups in total. The Labute approximate surface area is 308 Å². The van der Waals surface area contributed by atoms with Crippen LogP contribution >= 0.6 is 0 Å². The lowest BCUT2D eigenvalue weighted by Crippen LogP contribution is -2.58. The molecule has 0 saturated carbocycles. The highest BCUT2D eigenvalue weighted by Gasteiger charge is 2.60. The van der Waals surface area contributed by atoms with Crippen molar-refractivity contribution in [3.05, 3.63) is 95.1 Å².